The van der Waals surface area contributed by atoms with Crippen LogP contribution in [0.5, 0.6) is 0 Å². The molecule has 0 aliphatic heterocycles. The minimum Gasteiger partial charge on any atom is -0.349 e. The number of anilines is 2. The molecule has 120 valence electrons. The Kier molecular flexibility index (Phi) is 6.24. The van der Waals surface area contributed by atoms with Crippen LogP contribution in [0.1, 0.15) is 19.4 Å². The number of rotatable bonds is 3. The third kappa shape index (κ3) is 4.38. The van der Waals surface area contributed by atoms with Crippen molar-refractivity contribution in [1.82, 2.24) is 4.98 Å². The van der Waals surface area contributed by atoms with Crippen molar-refractivity contribution in [3.8, 4) is 0 Å². The normalized spacial score (nSPS) is 10.7. The van der Waals surface area contributed by atoms with Gasteiger partial charge in [0.1, 0.15) is 18.6 Å². The van der Waals surface area contributed by atoms with Gasteiger partial charge in [-0.15, -0.1) is 0 Å². The second kappa shape index (κ2) is 7.50. The Balaban J connectivity index is 0.00000116. The minimum atomic E-state index is -2.71. The van der Waals surface area contributed by atoms with Gasteiger partial charge in [0.05, 0.1) is 5.69 Å². The highest BCUT2D eigenvalue weighted by Crippen LogP contribution is 2.39. The molecule has 0 amide bonds. The zero-order valence-corrected chi connectivity index (χ0v) is 14.3. The van der Waals surface area contributed by atoms with Gasteiger partial charge >= 0.3 is 0 Å². The average molecular weight is 326 g/mol. The van der Waals surface area contributed by atoms with E-state index >= 15 is 0 Å². The number of nitrogens with one attached hydrogen (secondary N) is 1. The summed E-state index contributed by atoms with van der Waals surface area (Å²) in [6.07, 6.45) is 1.25. The van der Waals surface area contributed by atoms with E-state index in [9.17, 15) is 13.3 Å². The lowest BCUT2D eigenvalue weighted by Gasteiger charge is -2.15. The maximum Gasteiger partial charge on any atom is 0.237 e. The first-order chi connectivity index (χ1) is 10.3. The van der Waals surface area contributed by atoms with Crippen LogP contribution in [0.4, 0.5) is 20.2 Å². The number of pyridine rings is 1. The Morgan fingerprint density at radius 1 is 1.14 bits per heavy atom. The lowest BCUT2D eigenvalue weighted by molar-refractivity contribution is 0.582. The SMILES string of the molecule is CC.Cc1ccc(Nc2c(P(C)(C)=O)ccnc2F)c(F)c1. The van der Waals surface area contributed by atoms with E-state index in [1.165, 1.54) is 37.7 Å². The number of aryl methyl sites for hydroxylation is 1. The molecule has 6 heteroatoms. The largest absolute Gasteiger partial charge is 0.349 e. The number of hydrogen-bond donors (Lipinski definition) is 1. The Hall–Kier alpha value is -1.74. The van der Waals surface area contributed by atoms with Gasteiger partial charge in [-0.05, 0) is 44.0 Å². The van der Waals surface area contributed by atoms with E-state index in [4.69, 9.17) is 0 Å². The molecule has 1 N–H and O–H groups in total. The van der Waals surface area contributed by atoms with Crippen molar-refractivity contribution in [3.63, 3.8) is 0 Å². The summed E-state index contributed by atoms with van der Waals surface area (Å²) < 4.78 is 39.9. The minimum absolute atomic E-state index is 0.0383. The quantitative estimate of drug-likeness (QED) is 0.657. The molecule has 0 saturated carbocycles. The molecule has 2 rings (SSSR count). The fraction of sp³-hybridized carbons (Fsp3) is 0.312. The summed E-state index contributed by atoms with van der Waals surface area (Å²) in [4.78, 5) is 3.52. The van der Waals surface area contributed by atoms with Crippen LogP contribution in [0.25, 0.3) is 0 Å². The number of benzene rings is 1. The Morgan fingerprint density at radius 3 is 2.32 bits per heavy atom. The Morgan fingerprint density at radius 2 is 1.77 bits per heavy atom. The van der Waals surface area contributed by atoms with Crippen molar-refractivity contribution >= 4 is 23.8 Å². The molecule has 1 aromatic heterocycles. The van der Waals surface area contributed by atoms with E-state index in [1.54, 1.807) is 13.0 Å². The average Bonchev–Trinajstić information content (AvgIpc) is 2.44. The summed E-state index contributed by atoms with van der Waals surface area (Å²) in [5.41, 5.74) is 0.845. The summed E-state index contributed by atoms with van der Waals surface area (Å²) in [6.45, 7) is 8.81. The summed E-state index contributed by atoms with van der Waals surface area (Å²) in [5.74, 6) is -1.30. The number of hydrogen-bond acceptors (Lipinski definition) is 3. The van der Waals surface area contributed by atoms with Crippen LogP contribution >= 0.6 is 7.14 Å². The molecule has 0 unspecified atom stereocenters. The second-order valence-electron chi connectivity index (χ2n) is 4.96. The van der Waals surface area contributed by atoms with Crippen molar-refractivity contribution in [2.24, 2.45) is 0 Å². The monoisotopic (exact) mass is 326 g/mol. The van der Waals surface area contributed by atoms with Crippen LogP contribution in [0, 0.1) is 18.7 Å². The third-order valence-corrected chi connectivity index (χ3v) is 4.38. The molecule has 1 heterocycles. The van der Waals surface area contributed by atoms with E-state index in [0.717, 1.165) is 5.56 Å². The molecule has 3 nitrogen and oxygen atoms in total. The first-order valence-electron chi connectivity index (χ1n) is 7.02. The molecule has 0 spiro atoms. The van der Waals surface area contributed by atoms with Gasteiger partial charge in [-0.1, -0.05) is 19.9 Å². The summed E-state index contributed by atoms with van der Waals surface area (Å²) in [7, 11) is -2.71. The number of halogens is 2. The highest BCUT2D eigenvalue weighted by Gasteiger charge is 2.20. The van der Waals surface area contributed by atoms with Crippen molar-refractivity contribution in [2.45, 2.75) is 20.8 Å². The molecular formula is C16H21F2N2OP. The zero-order valence-electron chi connectivity index (χ0n) is 13.4. The van der Waals surface area contributed by atoms with Gasteiger partial charge in [-0.2, -0.15) is 4.39 Å². The number of nitrogens with zero attached hydrogens (tertiary/aromatic N) is 1. The smallest absolute Gasteiger partial charge is 0.237 e. The van der Waals surface area contributed by atoms with Crippen molar-refractivity contribution < 1.29 is 13.3 Å². The molecular weight excluding hydrogens is 305 g/mol. The molecule has 0 atom stereocenters. The molecule has 0 aliphatic rings. The van der Waals surface area contributed by atoms with Gasteiger partial charge in [0.2, 0.25) is 5.95 Å². The lowest BCUT2D eigenvalue weighted by Crippen LogP contribution is -2.13. The first kappa shape index (κ1) is 18.3. The van der Waals surface area contributed by atoms with Gasteiger partial charge in [0.15, 0.2) is 0 Å². The van der Waals surface area contributed by atoms with E-state index in [-0.39, 0.29) is 11.4 Å². The number of aromatic nitrogens is 1. The zero-order chi connectivity index (χ0) is 16.9. The van der Waals surface area contributed by atoms with Gasteiger partial charge in [-0.3, -0.25) is 0 Å². The van der Waals surface area contributed by atoms with Gasteiger partial charge in [0, 0.05) is 11.5 Å². The van der Waals surface area contributed by atoms with Crippen LogP contribution in [-0.2, 0) is 4.57 Å². The maximum absolute atomic E-state index is 13.9. The van der Waals surface area contributed by atoms with Crippen molar-refractivity contribution in [1.29, 1.82) is 0 Å². The topological polar surface area (TPSA) is 42.0 Å². The molecule has 2 aromatic rings. The molecule has 22 heavy (non-hydrogen) atoms. The highest BCUT2D eigenvalue weighted by atomic mass is 31.2. The van der Waals surface area contributed by atoms with Gasteiger partial charge in [-0.25, -0.2) is 9.37 Å². The molecule has 1 aromatic carbocycles. The highest BCUT2D eigenvalue weighted by molar-refractivity contribution is 7.70. The fourth-order valence-corrected chi connectivity index (χ4v) is 2.96. The van der Waals surface area contributed by atoms with Crippen molar-refractivity contribution in [3.05, 3.63) is 47.8 Å². The second-order valence-corrected chi connectivity index (χ2v) is 8.14. The van der Waals surface area contributed by atoms with Crippen LogP contribution in [0.3, 0.4) is 0 Å². The summed E-state index contributed by atoms with van der Waals surface area (Å²) >= 11 is 0. The van der Waals surface area contributed by atoms with E-state index in [0.29, 0.717) is 5.30 Å². The van der Waals surface area contributed by atoms with Crippen LogP contribution in [-0.4, -0.2) is 18.3 Å². The van der Waals surface area contributed by atoms with Crippen LogP contribution < -0.4 is 10.6 Å². The fourth-order valence-electron chi connectivity index (χ4n) is 1.85. The predicted octanol–water partition coefficient (Wildman–Crippen LogP) is 4.69. The van der Waals surface area contributed by atoms with E-state index in [2.05, 4.69) is 10.3 Å². The molecule has 0 aliphatic carbocycles. The lowest BCUT2D eigenvalue weighted by atomic mass is 10.2. The van der Waals surface area contributed by atoms with Crippen molar-refractivity contribution in [2.75, 3.05) is 18.6 Å². The molecule has 0 saturated heterocycles. The molecule has 0 radical (unpaired) electrons. The standard InChI is InChI=1S/C14H15F2N2OP.C2H6/c1-9-4-5-11(10(15)8-9)18-13-12(20(2,3)19)6-7-17-14(13)16;1-2/h4-8,18H,1-3H3;1-2H3. The Labute approximate surface area is 130 Å². The van der Waals surface area contributed by atoms with Crippen LogP contribution in [0.15, 0.2) is 30.5 Å². The first-order valence-corrected chi connectivity index (χ1v) is 9.62. The van der Waals surface area contributed by atoms with E-state index < -0.39 is 18.9 Å². The predicted molar refractivity (Wildman–Crippen MR) is 89.1 cm³/mol. The van der Waals surface area contributed by atoms with Gasteiger partial charge < -0.3 is 9.88 Å². The third-order valence-electron chi connectivity index (χ3n) is 2.85. The van der Waals surface area contributed by atoms with Crippen LogP contribution in [0.2, 0.25) is 0 Å². The molecule has 0 bridgehead atoms. The summed E-state index contributed by atoms with van der Waals surface area (Å²) in [5, 5.41) is 2.97. The Bertz CT molecular complexity index is 699. The summed E-state index contributed by atoms with van der Waals surface area (Å²) in [6, 6.07) is 6.04. The van der Waals surface area contributed by atoms with E-state index in [1.807, 2.05) is 13.8 Å². The van der Waals surface area contributed by atoms with Gasteiger partial charge in [0.25, 0.3) is 0 Å². The molecule has 0 fully saturated rings. The maximum atomic E-state index is 13.9.